The summed E-state index contributed by atoms with van der Waals surface area (Å²) in [4.78, 5) is 15.0. The molecule has 29 heavy (non-hydrogen) atoms. The highest BCUT2D eigenvalue weighted by Crippen LogP contribution is 2.24. The van der Waals surface area contributed by atoms with Crippen molar-refractivity contribution in [1.29, 1.82) is 0 Å². The average molecular weight is 427 g/mol. The Morgan fingerprint density at radius 1 is 1.14 bits per heavy atom. The Hall–Kier alpha value is -3.36. The van der Waals surface area contributed by atoms with Crippen molar-refractivity contribution in [3.05, 3.63) is 91.2 Å². The van der Waals surface area contributed by atoms with Crippen molar-refractivity contribution < 1.29 is 9.50 Å². The Morgan fingerprint density at radius 3 is 2.52 bits per heavy atom. The van der Waals surface area contributed by atoms with E-state index in [1.54, 1.807) is 36.4 Å². The summed E-state index contributed by atoms with van der Waals surface area (Å²) in [5.41, 5.74) is 1.49. The van der Waals surface area contributed by atoms with Crippen molar-refractivity contribution >= 4 is 41.8 Å². The zero-order valence-electron chi connectivity index (χ0n) is 14.6. The first-order valence-electron chi connectivity index (χ1n) is 8.37. The van der Waals surface area contributed by atoms with Gasteiger partial charge in [-0.25, -0.2) is 4.39 Å². The van der Waals surface area contributed by atoms with E-state index in [1.165, 1.54) is 29.0 Å². The maximum atomic E-state index is 13.2. The van der Waals surface area contributed by atoms with Crippen molar-refractivity contribution in [2.75, 3.05) is 0 Å². The fourth-order valence-corrected chi connectivity index (χ4v) is 3.27. The standard InChI is InChI=1S/C20H12ClFN4O2S/c21-13-3-7-15(8-4-13)26-19(28)16(18(27)24-20(26)29)9-12-10-23-25-17(12)11-1-5-14(22)6-2-11/h1-10,28H,(H,24,27,29). The number of aromatic hydroxyl groups is 1. The van der Waals surface area contributed by atoms with Gasteiger partial charge in [0.25, 0.3) is 5.56 Å². The first-order chi connectivity index (χ1) is 13.9. The monoisotopic (exact) mass is 426 g/mol. The van der Waals surface area contributed by atoms with Crippen LogP contribution in [0.2, 0.25) is 5.02 Å². The molecule has 2 aromatic carbocycles. The lowest BCUT2D eigenvalue weighted by atomic mass is 10.0. The molecule has 0 amide bonds. The number of allylic oxidation sites excluding steroid dienone is 1. The highest BCUT2D eigenvalue weighted by atomic mass is 35.5. The highest BCUT2D eigenvalue weighted by Gasteiger charge is 2.18. The van der Waals surface area contributed by atoms with Crippen LogP contribution in [-0.2, 0) is 0 Å². The molecule has 2 heterocycles. The molecule has 6 nitrogen and oxygen atoms in total. The molecule has 0 fully saturated rings. The lowest BCUT2D eigenvalue weighted by Gasteiger charge is -2.12. The van der Waals surface area contributed by atoms with Gasteiger partial charge in [-0.1, -0.05) is 11.6 Å². The molecule has 0 bridgehead atoms. The minimum absolute atomic E-state index is 0.0216. The predicted octanol–water partition coefficient (Wildman–Crippen LogP) is 4.27. The van der Waals surface area contributed by atoms with Crippen LogP contribution in [0, 0.1) is 10.6 Å². The molecule has 0 atom stereocenters. The third-order valence-corrected chi connectivity index (χ3v) is 4.79. The summed E-state index contributed by atoms with van der Waals surface area (Å²) in [5, 5.41) is 19.2. The number of halogens is 2. The number of rotatable bonds is 3. The van der Waals surface area contributed by atoms with Crippen LogP contribution >= 0.6 is 23.8 Å². The van der Waals surface area contributed by atoms with Gasteiger partial charge in [0.05, 0.1) is 11.9 Å². The molecule has 1 aliphatic rings. The minimum Gasteiger partial charge on any atom is -0.494 e. The van der Waals surface area contributed by atoms with E-state index in [-0.39, 0.29) is 22.0 Å². The van der Waals surface area contributed by atoms with E-state index < -0.39 is 5.56 Å². The Morgan fingerprint density at radius 2 is 1.83 bits per heavy atom. The van der Waals surface area contributed by atoms with Crippen LogP contribution in [0.5, 0.6) is 5.88 Å². The average Bonchev–Trinajstić information content (AvgIpc) is 3.15. The topological polar surface area (TPSA) is 82.7 Å². The lowest BCUT2D eigenvalue weighted by Crippen LogP contribution is -2.16. The highest BCUT2D eigenvalue weighted by molar-refractivity contribution is 7.71. The second kappa shape index (κ2) is 7.57. The van der Waals surface area contributed by atoms with Crippen LogP contribution in [0.1, 0.15) is 11.1 Å². The van der Waals surface area contributed by atoms with E-state index in [4.69, 9.17) is 23.8 Å². The van der Waals surface area contributed by atoms with Crippen LogP contribution < -0.4 is 5.56 Å². The zero-order valence-corrected chi connectivity index (χ0v) is 16.2. The van der Waals surface area contributed by atoms with Crippen LogP contribution in [0.4, 0.5) is 4.39 Å². The minimum atomic E-state index is -0.566. The Balaban J connectivity index is 1.84. The summed E-state index contributed by atoms with van der Waals surface area (Å²) < 4.78 is 14.6. The Labute approximate surface area is 174 Å². The molecule has 1 aromatic heterocycles. The second-order valence-electron chi connectivity index (χ2n) is 6.11. The maximum absolute atomic E-state index is 13.2. The fraction of sp³-hybridized carbons (Fsp3) is 0. The summed E-state index contributed by atoms with van der Waals surface area (Å²) in [6.07, 6.45) is 2.90. The van der Waals surface area contributed by atoms with Crippen molar-refractivity contribution in [3.63, 3.8) is 0 Å². The van der Waals surface area contributed by atoms with Crippen molar-refractivity contribution in [3.8, 4) is 11.6 Å². The number of hydrogen-bond acceptors (Lipinski definition) is 5. The molecular formula is C20H12ClFN4O2S. The van der Waals surface area contributed by atoms with Gasteiger partial charge < -0.3 is 5.11 Å². The Kier molecular flexibility index (Phi) is 4.96. The molecule has 9 heteroatoms. The van der Waals surface area contributed by atoms with Gasteiger partial charge in [0.2, 0.25) is 5.88 Å². The molecule has 2 N–H and O–H groups in total. The SMILES string of the molecule is O=c1[nH]c(=S)n(-c2ccc(Cl)cc2)c(O)c1C=C1C=NN=C1c1ccc(F)cc1. The molecule has 0 saturated carbocycles. The summed E-state index contributed by atoms with van der Waals surface area (Å²) in [6, 6.07) is 12.3. The number of benzene rings is 2. The molecule has 1 aliphatic heterocycles. The Bertz CT molecular complexity index is 1310. The number of hydrogen-bond donors (Lipinski definition) is 2. The maximum Gasteiger partial charge on any atom is 0.262 e. The predicted molar refractivity (Wildman–Crippen MR) is 113 cm³/mol. The van der Waals surface area contributed by atoms with Crippen molar-refractivity contribution in [2.24, 2.45) is 10.2 Å². The van der Waals surface area contributed by atoms with E-state index >= 15 is 0 Å². The summed E-state index contributed by atoms with van der Waals surface area (Å²) in [7, 11) is 0. The number of aromatic nitrogens is 2. The summed E-state index contributed by atoms with van der Waals surface area (Å²) in [6.45, 7) is 0. The molecule has 0 spiro atoms. The summed E-state index contributed by atoms with van der Waals surface area (Å²) in [5.74, 6) is -0.717. The van der Waals surface area contributed by atoms with Gasteiger partial charge in [0.1, 0.15) is 17.1 Å². The van der Waals surface area contributed by atoms with Gasteiger partial charge in [0, 0.05) is 16.2 Å². The van der Waals surface area contributed by atoms with Gasteiger partial charge in [-0.3, -0.25) is 14.3 Å². The zero-order chi connectivity index (χ0) is 20.5. The second-order valence-corrected chi connectivity index (χ2v) is 6.93. The van der Waals surface area contributed by atoms with Crippen LogP contribution in [0.3, 0.4) is 0 Å². The quantitative estimate of drug-likeness (QED) is 0.614. The van der Waals surface area contributed by atoms with Crippen molar-refractivity contribution in [1.82, 2.24) is 9.55 Å². The fourth-order valence-electron chi connectivity index (χ4n) is 2.86. The molecule has 144 valence electrons. The van der Waals surface area contributed by atoms with Gasteiger partial charge in [0.15, 0.2) is 4.77 Å². The van der Waals surface area contributed by atoms with Gasteiger partial charge in [-0.05, 0) is 66.8 Å². The first-order valence-corrected chi connectivity index (χ1v) is 9.16. The van der Waals surface area contributed by atoms with E-state index in [1.807, 2.05) is 0 Å². The van der Waals surface area contributed by atoms with Gasteiger partial charge in [-0.2, -0.15) is 5.10 Å². The van der Waals surface area contributed by atoms with E-state index in [0.717, 1.165) is 0 Å². The van der Waals surface area contributed by atoms with E-state index in [0.29, 0.717) is 27.6 Å². The first kappa shape index (κ1) is 19.0. The molecule has 3 aromatic rings. The van der Waals surface area contributed by atoms with Crippen LogP contribution in [0.25, 0.3) is 11.8 Å². The third kappa shape index (κ3) is 3.67. The smallest absolute Gasteiger partial charge is 0.262 e. The van der Waals surface area contributed by atoms with Gasteiger partial charge >= 0.3 is 0 Å². The molecule has 0 unspecified atom stereocenters. The third-order valence-electron chi connectivity index (χ3n) is 4.25. The molecule has 0 radical (unpaired) electrons. The molecular weight excluding hydrogens is 415 g/mol. The van der Waals surface area contributed by atoms with E-state index in [9.17, 15) is 14.3 Å². The molecule has 0 saturated heterocycles. The normalized spacial score (nSPS) is 14.4. The van der Waals surface area contributed by atoms with Crippen LogP contribution in [0.15, 0.2) is 69.1 Å². The largest absolute Gasteiger partial charge is 0.494 e. The molecule has 0 aliphatic carbocycles. The number of H-pyrrole nitrogens is 1. The number of nitrogens with zero attached hydrogens (tertiary/aromatic N) is 3. The molecule has 4 rings (SSSR count). The summed E-state index contributed by atoms with van der Waals surface area (Å²) >= 11 is 11.1. The lowest BCUT2D eigenvalue weighted by molar-refractivity contribution is 0.432. The van der Waals surface area contributed by atoms with Crippen LogP contribution in [-0.4, -0.2) is 26.6 Å². The van der Waals surface area contributed by atoms with Crippen molar-refractivity contribution in [2.45, 2.75) is 0 Å². The number of nitrogens with one attached hydrogen (secondary N) is 1. The van der Waals surface area contributed by atoms with Gasteiger partial charge in [-0.15, -0.1) is 5.10 Å². The number of aromatic amines is 1. The van der Waals surface area contributed by atoms with E-state index in [2.05, 4.69) is 15.2 Å².